The summed E-state index contributed by atoms with van der Waals surface area (Å²) < 4.78 is 0.992. The number of carbonyl (C=O) groups is 1. The average Bonchev–Trinajstić information content (AvgIpc) is 2.75. The zero-order valence-electron chi connectivity index (χ0n) is 10.8. The van der Waals surface area contributed by atoms with Crippen molar-refractivity contribution in [2.45, 2.75) is 6.10 Å². The Balaban J connectivity index is 2.11. The van der Waals surface area contributed by atoms with Crippen molar-refractivity contribution in [1.82, 2.24) is 4.90 Å². The van der Waals surface area contributed by atoms with E-state index < -0.39 is 6.10 Å². The first-order valence-corrected chi connectivity index (χ1v) is 7.20. The molecule has 0 aliphatic heterocycles. The van der Waals surface area contributed by atoms with Crippen LogP contribution in [0.15, 0.2) is 24.3 Å². The van der Waals surface area contributed by atoms with Gasteiger partial charge in [-0.05, 0) is 6.07 Å². The number of nitrogens with one attached hydrogen (secondary N) is 1. The van der Waals surface area contributed by atoms with Gasteiger partial charge in [0.25, 0.3) is 0 Å². The number of aliphatic hydroxyl groups excluding tert-OH is 2. The molecule has 20 heavy (non-hydrogen) atoms. The molecule has 0 radical (unpaired) electrons. The molecule has 1 atom stereocenters. The number of thiophene rings is 1. The molecule has 1 aromatic carbocycles. The maximum Gasteiger partial charge on any atom is 0.322 e. The van der Waals surface area contributed by atoms with E-state index in [9.17, 15) is 9.90 Å². The maximum atomic E-state index is 12.0. The van der Waals surface area contributed by atoms with E-state index >= 15 is 0 Å². The Labute approximate surface area is 125 Å². The van der Waals surface area contributed by atoms with Gasteiger partial charge in [0, 0.05) is 17.1 Å². The second-order valence-corrected chi connectivity index (χ2v) is 5.82. The molecule has 3 N–H and O–H groups in total. The fourth-order valence-electron chi connectivity index (χ4n) is 1.74. The topological polar surface area (TPSA) is 72.8 Å². The maximum absolute atomic E-state index is 12.0. The molecule has 5 nitrogen and oxygen atoms in total. The summed E-state index contributed by atoms with van der Waals surface area (Å²) in [4.78, 5) is 13.3. The van der Waals surface area contributed by atoms with Crippen LogP contribution in [-0.2, 0) is 0 Å². The number of amides is 2. The van der Waals surface area contributed by atoms with E-state index in [4.69, 9.17) is 16.7 Å². The molecule has 2 rings (SSSR count). The van der Waals surface area contributed by atoms with Crippen molar-refractivity contribution in [2.75, 3.05) is 25.5 Å². The molecule has 0 spiro atoms. The van der Waals surface area contributed by atoms with Crippen LogP contribution in [0.4, 0.5) is 9.80 Å². The molecule has 0 unspecified atom stereocenters. The van der Waals surface area contributed by atoms with E-state index in [1.54, 1.807) is 0 Å². The van der Waals surface area contributed by atoms with E-state index in [1.807, 2.05) is 24.3 Å². The standard InChI is InChI=1S/C13H15ClN2O3S/c1-16(6-8(18)7-17)13(19)15-12-11(14)9-4-2-3-5-10(9)20-12/h2-5,8,17-18H,6-7H2,1H3,(H,15,19)/t8-/m0/s1. The first-order valence-electron chi connectivity index (χ1n) is 6.01. The lowest BCUT2D eigenvalue weighted by Gasteiger charge is -2.19. The number of hydrogen-bond acceptors (Lipinski definition) is 4. The lowest BCUT2D eigenvalue weighted by atomic mass is 10.3. The molecular formula is C13H15ClN2O3S. The summed E-state index contributed by atoms with van der Waals surface area (Å²) in [5.41, 5.74) is 0. The molecule has 7 heteroatoms. The van der Waals surface area contributed by atoms with Crippen LogP contribution in [-0.4, -0.2) is 47.4 Å². The number of benzene rings is 1. The van der Waals surface area contributed by atoms with Gasteiger partial charge in [0.2, 0.25) is 0 Å². The summed E-state index contributed by atoms with van der Waals surface area (Å²) in [6, 6.07) is 7.23. The van der Waals surface area contributed by atoms with Crippen LogP contribution in [0.2, 0.25) is 5.02 Å². The number of halogens is 1. The predicted molar refractivity (Wildman–Crippen MR) is 81.6 cm³/mol. The number of urea groups is 1. The monoisotopic (exact) mass is 314 g/mol. The molecule has 0 aliphatic rings. The van der Waals surface area contributed by atoms with Crippen LogP contribution in [0.5, 0.6) is 0 Å². The highest BCUT2D eigenvalue weighted by molar-refractivity contribution is 7.23. The van der Waals surface area contributed by atoms with Gasteiger partial charge in [0.05, 0.1) is 24.3 Å². The van der Waals surface area contributed by atoms with E-state index in [-0.39, 0.29) is 19.2 Å². The van der Waals surface area contributed by atoms with Gasteiger partial charge in [-0.15, -0.1) is 11.3 Å². The minimum absolute atomic E-state index is 0.0465. The Hall–Kier alpha value is -1.34. The number of likely N-dealkylation sites (N-methyl/N-ethyl adjacent to an activating group) is 1. The van der Waals surface area contributed by atoms with Gasteiger partial charge < -0.3 is 15.1 Å². The summed E-state index contributed by atoms with van der Waals surface area (Å²) in [7, 11) is 1.54. The summed E-state index contributed by atoms with van der Waals surface area (Å²) in [6.45, 7) is -0.341. The largest absolute Gasteiger partial charge is 0.394 e. The number of carbonyl (C=O) groups excluding carboxylic acids is 1. The third-order valence-electron chi connectivity index (χ3n) is 2.80. The van der Waals surface area contributed by atoms with Crippen LogP contribution in [0.25, 0.3) is 10.1 Å². The van der Waals surface area contributed by atoms with Gasteiger partial charge >= 0.3 is 6.03 Å². The van der Waals surface area contributed by atoms with Gasteiger partial charge in [-0.1, -0.05) is 29.8 Å². The van der Waals surface area contributed by atoms with Crippen LogP contribution in [0.1, 0.15) is 0 Å². The van der Waals surface area contributed by atoms with Crippen molar-refractivity contribution in [1.29, 1.82) is 0 Å². The first kappa shape index (κ1) is 15.1. The number of aliphatic hydroxyl groups is 2. The molecule has 0 aliphatic carbocycles. The second-order valence-electron chi connectivity index (χ2n) is 4.39. The smallest absolute Gasteiger partial charge is 0.322 e. The average molecular weight is 315 g/mol. The summed E-state index contributed by atoms with van der Waals surface area (Å²) in [6.07, 6.45) is -0.955. The highest BCUT2D eigenvalue weighted by Crippen LogP contribution is 2.39. The number of fused-ring (bicyclic) bond motifs is 1. The highest BCUT2D eigenvalue weighted by Gasteiger charge is 2.16. The first-order chi connectivity index (χ1) is 9.52. The molecule has 0 saturated heterocycles. The van der Waals surface area contributed by atoms with Crippen molar-refractivity contribution in [3.63, 3.8) is 0 Å². The quantitative estimate of drug-likeness (QED) is 0.811. The molecule has 0 bridgehead atoms. The predicted octanol–water partition coefficient (Wildman–Crippen LogP) is 2.37. The molecular weight excluding hydrogens is 300 g/mol. The molecule has 0 fully saturated rings. The summed E-state index contributed by atoms with van der Waals surface area (Å²) >= 11 is 7.62. The number of rotatable bonds is 4. The van der Waals surface area contributed by atoms with Crippen molar-refractivity contribution in [3.05, 3.63) is 29.3 Å². The van der Waals surface area contributed by atoms with Crippen molar-refractivity contribution in [3.8, 4) is 0 Å². The number of hydrogen-bond donors (Lipinski definition) is 3. The Morgan fingerprint density at radius 1 is 1.50 bits per heavy atom. The summed E-state index contributed by atoms with van der Waals surface area (Å²) in [5, 5.41) is 22.8. The van der Waals surface area contributed by atoms with Crippen molar-refractivity contribution >= 4 is 44.1 Å². The van der Waals surface area contributed by atoms with Gasteiger partial charge in [-0.25, -0.2) is 4.79 Å². The minimum Gasteiger partial charge on any atom is -0.394 e. The molecule has 2 aromatic rings. The highest BCUT2D eigenvalue weighted by atomic mass is 35.5. The van der Waals surface area contributed by atoms with Crippen LogP contribution >= 0.6 is 22.9 Å². The lowest BCUT2D eigenvalue weighted by Crippen LogP contribution is -2.38. The van der Waals surface area contributed by atoms with Crippen LogP contribution in [0, 0.1) is 0 Å². The minimum atomic E-state index is -0.955. The fraction of sp³-hybridized carbons (Fsp3) is 0.308. The van der Waals surface area contributed by atoms with E-state index in [1.165, 1.54) is 23.3 Å². The second kappa shape index (κ2) is 6.41. The van der Waals surface area contributed by atoms with Crippen LogP contribution in [0.3, 0.4) is 0 Å². The van der Waals surface area contributed by atoms with Gasteiger partial charge in [-0.3, -0.25) is 5.32 Å². The zero-order chi connectivity index (χ0) is 14.7. The Kier molecular flexibility index (Phi) is 4.82. The third-order valence-corrected chi connectivity index (χ3v) is 4.39. The van der Waals surface area contributed by atoms with E-state index in [2.05, 4.69) is 5.32 Å². The van der Waals surface area contributed by atoms with Crippen LogP contribution < -0.4 is 5.32 Å². The van der Waals surface area contributed by atoms with Gasteiger partial charge in [-0.2, -0.15) is 0 Å². The Morgan fingerprint density at radius 2 is 2.20 bits per heavy atom. The zero-order valence-corrected chi connectivity index (χ0v) is 12.4. The number of nitrogens with zero attached hydrogens (tertiary/aromatic N) is 1. The van der Waals surface area contributed by atoms with Gasteiger partial charge in [0.15, 0.2) is 0 Å². The SMILES string of the molecule is CN(C[C@H](O)CO)C(=O)Nc1sc2ccccc2c1Cl. The molecule has 1 heterocycles. The lowest BCUT2D eigenvalue weighted by molar-refractivity contribution is 0.0750. The summed E-state index contributed by atoms with van der Waals surface area (Å²) in [5.74, 6) is 0. The molecule has 1 aromatic heterocycles. The Morgan fingerprint density at radius 3 is 2.85 bits per heavy atom. The van der Waals surface area contributed by atoms with Gasteiger partial charge in [0.1, 0.15) is 5.00 Å². The van der Waals surface area contributed by atoms with Crippen molar-refractivity contribution < 1.29 is 15.0 Å². The number of anilines is 1. The molecule has 2 amide bonds. The van der Waals surface area contributed by atoms with Crippen molar-refractivity contribution in [2.24, 2.45) is 0 Å². The third kappa shape index (κ3) is 3.21. The normalized spacial score (nSPS) is 12.4. The van der Waals surface area contributed by atoms with E-state index in [0.29, 0.717) is 10.0 Å². The fourth-order valence-corrected chi connectivity index (χ4v) is 3.11. The van der Waals surface area contributed by atoms with E-state index in [0.717, 1.165) is 10.1 Å². The molecule has 0 saturated carbocycles. The molecule has 108 valence electrons. The Bertz CT molecular complexity index is 617.